The highest BCUT2D eigenvalue weighted by Gasteiger charge is 2.11. The normalized spacial score (nSPS) is 12.5. The fourth-order valence-electron chi connectivity index (χ4n) is 0.923. The molecule has 5 heteroatoms. The molecule has 13 heavy (non-hydrogen) atoms. The van der Waals surface area contributed by atoms with Gasteiger partial charge in [0.25, 0.3) is 0 Å². The Kier molecular flexibility index (Phi) is 3.39. The Morgan fingerprint density at radius 2 is 2.38 bits per heavy atom. The third kappa shape index (κ3) is 3.12. The van der Waals surface area contributed by atoms with Crippen molar-refractivity contribution in [3.05, 3.63) is 28.5 Å². The van der Waals surface area contributed by atoms with Crippen molar-refractivity contribution in [3.8, 4) is 0 Å². The Bertz CT molecular complexity index is 317. The maximum atomic E-state index is 10.3. The van der Waals surface area contributed by atoms with Gasteiger partial charge in [-0.25, -0.2) is 4.98 Å². The molecule has 0 saturated heterocycles. The minimum absolute atomic E-state index is 0.108. The number of pyridine rings is 1. The van der Waals surface area contributed by atoms with Gasteiger partial charge in [-0.05, 0) is 28.1 Å². The smallest absolute Gasteiger partial charge is 0.305 e. The molecule has 1 aromatic heterocycles. The van der Waals surface area contributed by atoms with Gasteiger partial charge in [0.1, 0.15) is 4.60 Å². The molecule has 0 unspecified atom stereocenters. The third-order valence-corrected chi connectivity index (χ3v) is 1.95. The fraction of sp³-hybridized carbons (Fsp3) is 0.250. The lowest BCUT2D eigenvalue weighted by Crippen LogP contribution is -2.16. The van der Waals surface area contributed by atoms with E-state index < -0.39 is 12.0 Å². The van der Waals surface area contributed by atoms with E-state index in [9.17, 15) is 4.79 Å². The topological polar surface area (TPSA) is 76.2 Å². The number of aliphatic carboxylic acids is 1. The predicted octanol–water partition coefficient (Wildman–Crippen LogP) is 1.32. The fourth-order valence-corrected chi connectivity index (χ4v) is 1.28. The number of halogens is 1. The van der Waals surface area contributed by atoms with Gasteiger partial charge in [0.15, 0.2) is 0 Å². The van der Waals surface area contributed by atoms with Crippen molar-refractivity contribution >= 4 is 21.9 Å². The van der Waals surface area contributed by atoms with Gasteiger partial charge < -0.3 is 10.8 Å². The molecule has 0 aromatic carbocycles. The first-order chi connectivity index (χ1) is 6.09. The number of carboxylic acid groups (broad SMARTS) is 1. The van der Waals surface area contributed by atoms with Crippen LogP contribution in [0.25, 0.3) is 0 Å². The molecule has 0 amide bonds. The Balaban J connectivity index is 2.76. The molecule has 0 aliphatic heterocycles. The van der Waals surface area contributed by atoms with Crippen LogP contribution in [0.3, 0.4) is 0 Å². The van der Waals surface area contributed by atoms with Crippen molar-refractivity contribution in [2.24, 2.45) is 5.73 Å². The Morgan fingerprint density at radius 1 is 1.69 bits per heavy atom. The van der Waals surface area contributed by atoms with Gasteiger partial charge in [0.2, 0.25) is 0 Å². The molecule has 3 N–H and O–H groups in total. The lowest BCUT2D eigenvalue weighted by molar-refractivity contribution is -0.137. The summed E-state index contributed by atoms with van der Waals surface area (Å²) in [6.07, 6.45) is -0.108. The van der Waals surface area contributed by atoms with Gasteiger partial charge in [0.05, 0.1) is 18.2 Å². The zero-order chi connectivity index (χ0) is 9.84. The molecule has 1 rings (SSSR count). The Morgan fingerprint density at radius 3 is 2.92 bits per heavy atom. The summed E-state index contributed by atoms with van der Waals surface area (Å²) in [6, 6.07) is 4.69. The molecule has 1 heterocycles. The lowest BCUT2D eigenvalue weighted by Gasteiger charge is -2.07. The zero-order valence-electron chi connectivity index (χ0n) is 6.77. The van der Waals surface area contributed by atoms with Crippen LogP contribution in [-0.2, 0) is 4.79 Å². The molecule has 0 radical (unpaired) electrons. The summed E-state index contributed by atoms with van der Waals surface area (Å²) >= 11 is 3.18. The van der Waals surface area contributed by atoms with Crippen molar-refractivity contribution in [1.29, 1.82) is 0 Å². The molecule has 0 fully saturated rings. The second kappa shape index (κ2) is 4.34. The van der Waals surface area contributed by atoms with Crippen LogP contribution in [0.5, 0.6) is 0 Å². The number of nitrogens with zero attached hydrogens (tertiary/aromatic N) is 1. The second-order valence-corrected chi connectivity index (χ2v) is 3.40. The highest BCUT2D eigenvalue weighted by atomic mass is 79.9. The van der Waals surface area contributed by atoms with Crippen molar-refractivity contribution < 1.29 is 9.90 Å². The summed E-state index contributed by atoms with van der Waals surface area (Å²) in [7, 11) is 0. The van der Waals surface area contributed by atoms with Crippen LogP contribution in [-0.4, -0.2) is 16.1 Å². The van der Waals surface area contributed by atoms with E-state index in [1.54, 1.807) is 18.2 Å². The highest BCUT2D eigenvalue weighted by Crippen LogP contribution is 2.14. The van der Waals surface area contributed by atoms with Crippen molar-refractivity contribution in [3.63, 3.8) is 0 Å². The molecule has 1 atom stereocenters. The van der Waals surface area contributed by atoms with Crippen LogP contribution in [0, 0.1) is 0 Å². The van der Waals surface area contributed by atoms with E-state index in [1.807, 2.05) is 0 Å². The summed E-state index contributed by atoms with van der Waals surface area (Å²) in [6.45, 7) is 0. The number of aromatic nitrogens is 1. The van der Waals surface area contributed by atoms with Gasteiger partial charge in [0, 0.05) is 0 Å². The monoisotopic (exact) mass is 244 g/mol. The lowest BCUT2D eigenvalue weighted by atomic mass is 10.1. The van der Waals surface area contributed by atoms with Crippen molar-refractivity contribution in [2.45, 2.75) is 12.5 Å². The standard InChI is InChI=1S/C8H9BrN2O2/c9-7-3-1-2-6(11-7)5(10)4-8(12)13/h1-3,5H,4,10H2,(H,12,13)/t5-/m1/s1. The number of carbonyl (C=O) groups is 1. The van der Waals surface area contributed by atoms with E-state index >= 15 is 0 Å². The molecule has 70 valence electrons. The molecule has 0 spiro atoms. The molecule has 0 saturated carbocycles. The zero-order valence-corrected chi connectivity index (χ0v) is 8.36. The van der Waals surface area contributed by atoms with Crippen LogP contribution in [0.1, 0.15) is 18.2 Å². The maximum Gasteiger partial charge on any atom is 0.305 e. The Hall–Kier alpha value is -0.940. The van der Waals surface area contributed by atoms with E-state index in [0.717, 1.165) is 0 Å². The summed E-state index contributed by atoms with van der Waals surface area (Å²) in [5, 5.41) is 8.50. The molecule has 0 aliphatic rings. The number of carboxylic acids is 1. The number of nitrogens with two attached hydrogens (primary N) is 1. The average Bonchev–Trinajstić information content (AvgIpc) is 2.03. The number of rotatable bonds is 3. The number of hydrogen-bond acceptors (Lipinski definition) is 3. The van der Waals surface area contributed by atoms with Gasteiger partial charge in [-0.15, -0.1) is 0 Å². The van der Waals surface area contributed by atoms with Crippen molar-refractivity contribution in [2.75, 3.05) is 0 Å². The minimum atomic E-state index is -0.922. The SMILES string of the molecule is N[C@H](CC(=O)O)c1cccc(Br)n1. The van der Waals surface area contributed by atoms with E-state index in [0.29, 0.717) is 10.3 Å². The highest BCUT2D eigenvalue weighted by molar-refractivity contribution is 9.10. The maximum absolute atomic E-state index is 10.3. The quantitative estimate of drug-likeness (QED) is 0.787. The van der Waals surface area contributed by atoms with Crippen LogP contribution in [0.2, 0.25) is 0 Å². The van der Waals surface area contributed by atoms with Crippen LogP contribution in [0.15, 0.2) is 22.8 Å². The first-order valence-electron chi connectivity index (χ1n) is 3.69. The van der Waals surface area contributed by atoms with Crippen LogP contribution >= 0.6 is 15.9 Å². The van der Waals surface area contributed by atoms with Crippen LogP contribution in [0.4, 0.5) is 0 Å². The minimum Gasteiger partial charge on any atom is -0.481 e. The van der Waals surface area contributed by atoms with E-state index in [2.05, 4.69) is 20.9 Å². The number of hydrogen-bond donors (Lipinski definition) is 2. The molecule has 1 aromatic rings. The summed E-state index contributed by atoms with van der Waals surface area (Å²) in [5.74, 6) is -0.922. The van der Waals surface area contributed by atoms with Gasteiger partial charge >= 0.3 is 5.97 Å². The molecule has 4 nitrogen and oxygen atoms in total. The molecular weight excluding hydrogens is 236 g/mol. The van der Waals surface area contributed by atoms with Crippen molar-refractivity contribution in [1.82, 2.24) is 4.98 Å². The summed E-state index contributed by atoms with van der Waals surface area (Å²) < 4.78 is 0.658. The van der Waals surface area contributed by atoms with Crippen LogP contribution < -0.4 is 5.73 Å². The van der Waals surface area contributed by atoms with Gasteiger partial charge in [-0.1, -0.05) is 6.07 Å². The van der Waals surface area contributed by atoms with E-state index in [4.69, 9.17) is 10.8 Å². The summed E-state index contributed by atoms with van der Waals surface area (Å²) in [5.41, 5.74) is 6.18. The van der Waals surface area contributed by atoms with Gasteiger partial charge in [-0.3, -0.25) is 4.79 Å². The predicted molar refractivity (Wildman–Crippen MR) is 51.1 cm³/mol. The first kappa shape index (κ1) is 10.1. The molecule has 0 aliphatic carbocycles. The van der Waals surface area contributed by atoms with E-state index in [1.165, 1.54) is 0 Å². The molecular formula is C8H9BrN2O2. The van der Waals surface area contributed by atoms with E-state index in [-0.39, 0.29) is 6.42 Å². The first-order valence-corrected chi connectivity index (χ1v) is 4.48. The largest absolute Gasteiger partial charge is 0.481 e. The third-order valence-electron chi connectivity index (χ3n) is 1.51. The molecule has 0 bridgehead atoms. The van der Waals surface area contributed by atoms with Gasteiger partial charge in [-0.2, -0.15) is 0 Å². The second-order valence-electron chi connectivity index (χ2n) is 2.59. The Labute approximate surface area is 83.9 Å². The summed E-state index contributed by atoms with van der Waals surface area (Å²) in [4.78, 5) is 14.4. The average molecular weight is 245 g/mol.